The highest BCUT2D eigenvalue weighted by Crippen LogP contribution is 2.35. The van der Waals surface area contributed by atoms with Crippen molar-refractivity contribution in [3.63, 3.8) is 0 Å². The standard InChI is InChI=1S/C28H47N7/c1-9-17-34(18-10-2)25-30-24(31-26(32-25)35(19-11-3)20-12-4)29-16-14-13-15-23-21-27(5,6)33-28(7,8)22-23/h9-12,23,33H,1-4,13-22H2,5-8H3,(H,29,30,31,32). The predicted molar refractivity (Wildman–Crippen MR) is 151 cm³/mol. The van der Waals surface area contributed by atoms with E-state index in [2.05, 4.69) is 64.6 Å². The van der Waals surface area contributed by atoms with Gasteiger partial charge in [-0.05, 0) is 52.9 Å². The molecule has 0 spiro atoms. The third kappa shape index (κ3) is 9.48. The van der Waals surface area contributed by atoms with Gasteiger partial charge in [-0.2, -0.15) is 15.0 Å². The normalized spacial score (nSPS) is 16.8. The molecule has 0 aliphatic carbocycles. The Labute approximate surface area is 213 Å². The summed E-state index contributed by atoms with van der Waals surface area (Å²) in [7, 11) is 0. The van der Waals surface area contributed by atoms with Crippen molar-refractivity contribution in [1.29, 1.82) is 0 Å². The van der Waals surface area contributed by atoms with Gasteiger partial charge in [0, 0.05) is 43.8 Å². The first-order valence-electron chi connectivity index (χ1n) is 12.9. The van der Waals surface area contributed by atoms with Crippen LogP contribution >= 0.6 is 0 Å². The summed E-state index contributed by atoms with van der Waals surface area (Å²) in [5.74, 6) is 2.56. The largest absolute Gasteiger partial charge is 0.354 e. The number of nitrogens with one attached hydrogen (secondary N) is 2. The number of rotatable bonds is 16. The van der Waals surface area contributed by atoms with Crippen LogP contribution in [0.4, 0.5) is 17.8 Å². The smallest absolute Gasteiger partial charge is 0.232 e. The summed E-state index contributed by atoms with van der Waals surface area (Å²) in [6.07, 6.45) is 13.3. The van der Waals surface area contributed by atoms with Crippen LogP contribution in [0.5, 0.6) is 0 Å². The van der Waals surface area contributed by atoms with Crippen molar-refractivity contribution >= 4 is 17.8 Å². The summed E-state index contributed by atoms with van der Waals surface area (Å²) < 4.78 is 0. The zero-order chi connectivity index (χ0) is 25.9. The highest BCUT2D eigenvalue weighted by atomic mass is 15.4. The molecule has 1 aromatic rings. The maximum Gasteiger partial charge on any atom is 0.232 e. The molecule has 0 atom stereocenters. The van der Waals surface area contributed by atoms with Gasteiger partial charge in [-0.25, -0.2) is 0 Å². The van der Waals surface area contributed by atoms with Crippen LogP contribution in [0.25, 0.3) is 0 Å². The van der Waals surface area contributed by atoms with Crippen LogP contribution in [0.15, 0.2) is 50.6 Å². The Kier molecular flexibility index (Phi) is 11.0. The van der Waals surface area contributed by atoms with Crippen molar-refractivity contribution in [2.75, 3.05) is 47.8 Å². The first-order chi connectivity index (χ1) is 16.6. The second-order valence-corrected chi connectivity index (χ2v) is 10.8. The molecule has 2 N–H and O–H groups in total. The van der Waals surface area contributed by atoms with Gasteiger partial charge in [0.25, 0.3) is 0 Å². The van der Waals surface area contributed by atoms with Crippen molar-refractivity contribution in [1.82, 2.24) is 20.3 Å². The highest BCUT2D eigenvalue weighted by Gasteiger charge is 2.37. The molecule has 35 heavy (non-hydrogen) atoms. The SMILES string of the molecule is C=CCN(CC=C)c1nc(NCCCCC2CC(C)(C)NC(C)(C)C2)nc(N(CC=C)CC=C)n1. The fraction of sp³-hybridized carbons (Fsp3) is 0.607. The quantitative estimate of drug-likeness (QED) is 0.243. The van der Waals surface area contributed by atoms with Crippen LogP contribution in [0.2, 0.25) is 0 Å². The summed E-state index contributed by atoms with van der Waals surface area (Å²) in [6, 6.07) is 0. The van der Waals surface area contributed by atoms with E-state index in [0.29, 0.717) is 44.0 Å². The number of piperidine rings is 1. The van der Waals surface area contributed by atoms with Crippen molar-refractivity contribution in [3.8, 4) is 0 Å². The van der Waals surface area contributed by atoms with E-state index in [1.807, 2.05) is 34.1 Å². The van der Waals surface area contributed by atoms with Gasteiger partial charge in [0.1, 0.15) is 0 Å². The van der Waals surface area contributed by atoms with Crippen LogP contribution in [-0.2, 0) is 0 Å². The van der Waals surface area contributed by atoms with Gasteiger partial charge in [0.15, 0.2) is 0 Å². The third-order valence-corrected chi connectivity index (χ3v) is 6.17. The zero-order valence-corrected chi connectivity index (χ0v) is 22.5. The summed E-state index contributed by atoms with van der Waals surface area (Å²) in [5.41, 5.74) is 0.404. The molecule has 0 unspecified atom stereocenters. The molecule has 0 saturated carbocycles. The molecular weight excluding hydrogens is 434 g/mol. The molecule has 2 heterocycles. The molecule has 0 radical (unpaired) electrons. The summed E-state index contributed by atoms with van der Waals surface area (Å²) in [5, 5.41) is 7.22. The van der Waals surface area contributed by atoms with Crippen molar-refractivity contribution in [2.24, 2.45) is 5.92 Å². The molecule has 7 nitrogen and oxygen atoms in total. The topological polar surface area (TPSA) is 69.2 Å². The Morgan fingerprint density at radius 1 is 0.800 bits per heavy atom. The second-order valence-electron chi connectivity index (χ2n) is 10.8. The molecule has 7 heteroatoms. The molecule has 1 aromatic heterocycles. The maximum atomic E-state index is 4.73. The molecule has 1 aliphatic heterocycles. The van der Waals surface area contributed by atoms with E-state index in [1.54, 1.807) is 0 Å². The van der Waals surface area contributed by atoms with Gasteiger partial charge in [-0.1, -0.05) is 37.1 Å². The number of nitrogens with zero attached hydrogens (tertiary/aromatic N) is 5. The van der Waals surface area contributed by atoms with Crippen LogP contribution in [0.1, 0.15) is 59.8 Å². The second kappa shape index (κ2) is 13.4. The van der Waals surface area contributed by atoms with Crippen molar-refractivity contribution < 1.29 is 0 Å². The van der Waals surface area contributed by atoms with E-state index in [9.17, 15) is 0 Å². The summed E-state index contributed by atoms with van der Waals surface area (Å²) in [6.45, 7) is 28.1. The Balaban J connectivity index is 2.06. The van der Waals surface area contributed by atoms with Crippen molar-refractivity contribution in [3.05, 3.63) is 50.6 Å². The average molecular weight is 482 g/mol. The monoisotopic (exact) mass is 481 g/mol. The molecular formula is C28H47N7. The van der Waals surface area contributed by atoms with E-state index in [4.69, 9.17) is 15.0 Å². The maximum absolute atomic E-state index is 4.73. The number of unbranched alkanes of at least 4 members (excludes halogenated alkanes) is 1. The average Bonchev–Trinajstić information content (AvgIpc) is 2.76. The number of hydrogen-bond donors (Lipinski definition) is 2. The molecule has 0 aromatic carbocycles. The van der Waals surface area contributed by atoms with Crippen molar-refractivity contribution in [2.45, 2.75) is 70.9 Å². The molecule has 2 rings (SSSR count). The lowest BCUT2D eigenvalue weighted by Gasteiger charge is -2.46. The van der Waals surface area contributed by atoms with E-state index in [1.165, 1.54) is 25.7 Å². The molecule has 194 valence electrons. The van der Waals surface area contributed by atoms with E-state index >= 15 is 0 Å². The molecule has 1 fully saturated rings. The summed E-state index contributed by atoms with van der Waals surface area (Å²) in [4.78, 5) is 18.2. The lowest BCUT2D eigenvalue weighted by molar-refractivity contribution is 0.122. The number of anilines is 3. The minimum atomic E-state index is 0.202. The van der Waals surface area contributed by atoms with Crippen LogP contribution in [0.3, 0.4) is 0 Å². The Morgan fingerprint density at radius 2 is 1.26 bits per heavy atom. The predicted octanol–water partition coefficient (Wildman–Crippen LogP) is 5.37. The van der Waals surface area contributed by atoms with Crippen LogP contribution < -0.4 is 20.4 Å². The van der Waals surface area contributed by atoms with Gasteiger partial charge >= 0.3 is 0 Å². The van der Waals surface area contributed by atoms with E-state index in [-0.39, 0.29) is 11.1 Å². The minimum absolute atomic E-state index is 0.202. The Bertz CT molecular complexity index is 767. The highest BCUT2D eigenvalue weighted by molar-refractivity contribution is 5.46. The first kappa shape index (κ1) is 28.6. The number of aromatic nitrogens is 3. The fourth-order valence-corrected chi connectivity index (χ4v) is 5.31. The summed E-state index contributed by atoms with van der Waals surface area (Å²) >= 11 is 0. The van der Waals surface area contributed by atoms with Gasteiger partial charge in [-0.15, -0.1) is 26.3 Å². The molecule has 1 aliphatic rings. The van der Waals surface area contributed by atoms with Gasteiger partial charge in [0.05, 0.1) is 0 Å². The number of hydrogen-bond acceptors (Lipinski definition) is 7. The minimum Gasteiger partial charge on any atom is -0.354 e. The van der Waals surface area contributed by atoms with Gasteiger partial charge < -0.3 is 20.4 Å². The van der Waals surface area contributed by atoms with E-state index in [0.717, 1.165) is 18.9 Å². The first-order valence-corrected chi connectivity index (χ1v) is 12.9. The van der Waals surface area contributed by atoms with Crippen LogP contribution in [-0.4, -0.2) is 58.8 Å². The lowest BCUT2D eigenvalue weighted by Crippen LogP contribution is -2.57. The van der Waals surface area contributed by atoms with Gasteiger partial charge in [-0.3, -0.25) is 0 Å². The Morgan fingerprint density at radius 3 is 1.69 bits per heavy atom. The Hall–Kier alpha value is -2.67. The fourth-order valence-electron chi connectivity index (χ4n) is 5.31. The van der Waals surface area contributed by atoms with Gasteiger partial charge in [0.2, 0.25) is 17.8 Å². The molecule has 0 bridgehead atoms. The van der Waals surface area contributed by atoms with E-state index < -0.39 is 0 Å². The zero-order valence-electron chi connectivity index (χ0n) is 22.5. The third-order valence-electron chi connectivity index (χ3n) is 6.17. The molecule has 1 saturated heterocycles. The lowest BCUT2D eigenvalue weighted by atomic mass is 9.74. The molecule has 0 amide bonds. The van der Waals surface area contributed by atoms with Crippen LogP contribution in [0, 0.1) is 5.92 Å².